The SMILES string of the molecule is CCOc1ccc(CC(=O)NCC2CN(c3cccs3)C(=O)O2)cc1. The Kier molecular flexibility index (Phi) is 5.55. The van der Waals surface area contributed by atoms with Crippen LogP contribution in [0.4, 0.5) is 9.80 Å². The Bertz CT molecular complexity index is 715. The fraction of sp³-hybridized carbons (Fsp3) is 0.333. The van der Waals surface area contributed by atoms with E-state index in [1.165, 1.54) is 11.3 Å². The Balaban J connectivity index is 1.45. The summed E-state index contributed by atoms with van der Waals surface area (Å²) in [7, 11) is 0. The molecule has 0 saturated carbocycles. The van der Waals surface area contributed by atoms with Crippen molar-refractivity contribution in [3.8, 4) is 5.75 Å². The van der Waals surface area contributed by atoms with Gasteiger partial charge in [0.2, 0.25) is 5.91 Å². The molecule has 1 aromatic carbocycles. The van der Waals surface area contributed by atoms with E-state index in [9.17, 15) is 9.59 Å². The standard InChI is InChI=1S/C18H20N2O4S/c1-2-23-14-7-5-13(6-8-14)10-16(21)19-11-15-12-20(18(22)24-15)17-4-3-9-25-17/h3-9,15H,2,10-12H2,1H3,(H,19,21). The topological polar surface area (TPSA) is 67.9 Å². The molecule has 0 bridgehead atoms. The van der Waals surface area contributed by atoms with Crippen LogP contribution in [0, 0.1) is 0 Å². The predicted octanol–water partition coefficient (Wildman–Crippen LogP) is 2.83. The van der Waals surface area contributed by atoms with Gasteiger partial charge < -0.3 is 14.8 Å². The molecule has 7 heteroatoms. The first kappa shape index (κ1) is 17.3. The Morgan fingerprint density at radius 3 is 2.84 bits per heavy atom. The lowest BCUT2D eigenvalue weighted by molar-refractivity contribution is -0.120. The third-order valence-electron chi connectivity index (χ3n) is 3.77. The van der Waals surface area contributed by atoms with Crippen LogP contribution >= 0.6 is 11.3 Å². The highest BCUT2D eigenvalue weighted by Crippen LogP contribution is 2.26. The number of thiophene rings is 1. The van der Waals surface area contributed by atoms with Crippen molar-refractivity contribution in [3.63, 3.8) is 0 Å². The highest BCUT2D eigenvalue weighted by molar-refractivity contribution is 7.14. The summed E-state index contributed by atoms with van der Waals surface area (Å²) in [6.45, 7) is 3.30. The zero-order valence-corrected chi connectivity index (χ0v) is 14.8. The number of ether oxygens (including phenoxy) is 2. The monoisotopic (exact) mass is 360 g/mol. The minimum absolute atomic E-state index is 0.102. The lowest BCUT2D eigenvalue weighted by atomic mass is 10.1. The number of amides is 2. The van der Waals surface area contributed by atoms with Gasteiger partial charge in [0.1, 0.15) is 16.9 Å². The molecule has 6 nitrogen and oxygen atoms in total. The third kappa shape index (κ3) is 4.51. The summed E-state index contributed by atoms with van der Waals surface area (Å²) in [5.74, 6) is 0.688. The molecule has 25 heavy (non-hydrogen) atoms. The average molecular weight is 360 g/mol. The molecule has 1 aromatic heterocycles. The van der Waals surface area contributed by atoms with Gasteiger partial charge in [-0.15, -0.1) is 11.3 Å². The van der Waals surface area contributed by atoms with E-state index in [-0.39, 0.29) is 24.5 Å². The average Bonchev–Trinajstić information content (AvgIpc) is 3.24. The largest absolute Gasteiger partial charge is 0.494 e. The third-order valence-corrected chi connectivity index (χ3v) is 4.66. The van der Waals surface area contributed by atoms with E-state index in [1.54, 1.807) is 4.90 Å². The van der Waals surface area contributed by atoms with E-state index < -0.39 is 0 Å². The molecule has 132 valence electrons. The van der Waals surface area contributed by atoms with Crippen molar-refractivity contribution in [3.05, 3.63) is 47.3 Å². The maximum absolute atomic E-state index is 12.1. The molecule has 0 radical (unpaired) electrons. The van der Waals surface area contributed by atoms with Crippen molar-refractivity contribution in [2.75, 3.05) is 24.6 Å². The molecule has 3 rings (SSSR count). The maximum Gasteiger partial charge on any atom is 0.415 e. The maximum atomic E-state index is 12.1. The Hall–Kier alpha value is -2.54. The van der Waals surface area contributed by atoms with Gasteiger partial charge in [-0.05, 0) is 42.1 Å². The van der Waals surface area contributed by atoms with Crippen molar-refractivity contribution in [1.82, 2.24) is 5.32 Å². The molecule has 0 spiro atoms. The molecular weight excluding hydrogens is 340 g/mol. The molecule has 2 heterocycles. The zero-order chi connectivity index (χ0) is 17.6. The number of cyclic esters (lactones) is 1. The minimum atomic E-state index is -0.367. The Morgan fingerprint density at radius 1 is 1.36 bits per heavy atom. The van der Waals surface area contributed by atoms with Crippen molar-refractivity contribution in [1.29, 1.82) is 0 Å². The quantitative estimate of drug-likeness (QED) is 0.824. The van der Waals surface area contributed by atoms with Crippen molar-refractivity contribution < 1.29 is 19.1 Å². The summed E-state index contributed by atoms with van der Waals surface area (Å²) in [5, 5.41) is 5.59. The highest BCUT2D eigenvalue weighted by atomic mass is 32.1. The number of carbonyl (C=O) groups excluding carboxylic acids is 2. The molecule has 0 aliphatic carbocycles. The first-order valence-corrected chi connectivity index (χ1v) is 9.03. The fourth-order valence-corrected chi connectivity index (χ4v) is 3.31. The van der Waals surface area contributed by atoms with Crippen LogP contribution in [0.2, 0.25) is 0 Å². The van der Waals surface area contributed by atoms with E-state index in [4.69, 9.17) is 9.47 Å². The molecule has 1 unspecified atom stereocenters. The minimum Gasteiger partial charge on any atom is -0.494 e. The van der Waals surface area contributed by atoms with Gasteiger partial charge in [-0.2, -0.15) is 0 Å². The van der Waals surface area contributed by atoms with E-state index in [0.717, 1.165) is 16.3 Å². The smallest absolute Gasteiger partial charge is 0.415 e. The van der Waals surface area contributed by atoms with Gasteiger partial charge in [-0.3, -0.25) is 9.69 Å². The van der Waals surface area contributed by atoms with Gasteiger partial charge in [0, 0.05) is 0 Å². The molecule has 1 atom stereocenters. The summed E-state index contributed by atoms with van der Waals surface area (Å²) < 4.78 is 10.7. The molecule has 1 fully saturated rings. The molecule has 1 aliphatic heterocycles. The lowest BCUT2D eigenvalue weighted by Gasteiger charge is -2.11. The number of nitrogens with one attached hydrogen (secondary N) is 1. The summed E-state index contributed by atoms with van der Waals surface area (Å²) in [4.78, 5) is 25.6. The second-order valence-electron chi connectivity index (χ2n) is 5.63. The first-order chi connectivity index (χ1) is 12.2. The van der Waals surface area contributed by atoms with Crippen LogP contribution in [0.5, 0.6) is 5.75 Å². The van der Waals surface area contributed by atoms with E-state index >= 15 is 0 Å². The first-order valence-electron chi connectivity index (χ1n) is 8.16. The van der Waals surface area contributed by atoms with Crippen LogP contribution in [0.3, 0.4) is 0 Å². The van der Waals surface area contributed by atoms with Gasteiger partial charge in [0.25, 0.3) is 0 Å². The van der Waals surface area contributed by atoms with E-state index in [2.05, 4.69) is 5.32 Å². The highest BCUT2D eigenvalue weighted by Gasteiger charge is 2.32. The number of hydrogen-bond donors (Lipinski definition) is 1. The predicted molar refractivity (Wildman–Crippen MR) is 96.3 cm³/mol. The summed E-state index contributed by atoms with van der Waals surface area (Å²) in [5.41, 5.74) is 0.907. The van der Waals surface area contributed by atoms with E-state index in [1.807, 2.05) is 48.7 Å². The number of carbonyl (C=O) groups is 2. The number of rotatable bonds is 7. The molecule has 2 amide bonds. The van der Waals surface area contributed by atoms with Gasteiger partial charge in [0.05, 0.1) is 26.1 Å². The van der Waals surface area contributed by atoms with Gasteiger partial charge in [-0.25, -0.2) is 4.79 Å². The molecule has 2 aromatic rings. The normalized spacial score (nSPS) is 16.6. The number of nitrogens with zero attached hydrogens (tertiary/aromatic N) is 1. The fourth-order valence-electron chi connectivity index (χ4n) is 2.58. The molecule has 1 aliphatic rings. The number of benzene rings is 1. The van der Waals surface area contributed by atoms with Crippen molar-refractivity contribution >= 4 is 28.3 Å². The molecule has 1 saturated heterocycles. The van der Waals surface area contributed by atoms with Gasteiger partial charge >= 0.3 is 6.09 Å². The molecule has 1 N–H and O–H groups in total. The van der Waals surface area contributed by atoms with Crippen LogP contribution in [0.25, 0.3) is 0 Å². The van der Waals surface area contributed by atoms with Crippen molar-refractivity contribution in [2.24, 2.45) is 0 Å². The number of anilines is 1. The summed E-state index contributed by atoms with van der Waals surface area (Å²) in [6, 6.07) is 11.2. The van der Waals surface area contributed by atoms with Crippen molar-refractivity contribution in [2.45, 2.75) is 19.4 Å². The number of hydrogen-bond acceptors (Lipinski definition) is 5. The van der Waals surface area contributed by atoms with Crippen LogP contribution in [-0.4, -0.2) is 37.8 Å². The van der Waals surface area contributed by atoms with E-state index in [0.29, 0.717) is 19.7 Å². The van der Waals surface area contributed by atoms with Crippen LogP contribution in [0.15, 0.2) is 41.8 Å². The summed E-state index contributed by atoms with van der Waals surface area (Å²) in [6.07, 6.45) is -0.422. The van der Waals surface area contributed by atoms with Gasteiger partial charge in [0.15, 0.2) is 0 Å². The zero-order valence-electron chi connectivity index (χ0n) is 13.9. The lowest BCUT2D eigenvalue weighted by Crippen LogP contribution is -2.35. The summed E-state index contributed by atoms with van der Waals surface area (Å²) >= 11 is 1.48. The second-order valence-corrected chi connectivity index (χ2v) is 6.55. The Labute approximate surface area is 150 Å². The molecular formula is C18H20N2O4S. The second kappa shape index (κ2) is 8.02. The van der Waals surface area contributed by atoms with Crippen LogP contribution in [0.1, 0.15) is 12.5 Å². The van der Waals surface area contributed by atoms with Gasteiger partial charge in [-0.1, -0.05) is 12.1 Å². The van der Waals surface area contributed by atoms with Crippen LogP contribution in [-0.2, 0) is 16.0 Å². The van der Waals surface area contributed by atoms with Crippen LogP contribution < -0.4 is 15.0 Å². The Morgan fingerprint density at radius 2 is 2.16 bits per heavy atom.